The average Bonchev–Trinajstić information content (AvgIpc) is 2.87. The van der Waals surface area contributed by atoms with E-state index >= 15 is 0 Å². The van der Waals surface area contributed by atoms with Crippen molar-refractivity contribution in [1.29, 1.82) is 0 Å². The van der Waals surface area contributed by atoms with E-state index in [0.29, 0.717) is 4.88 Å². The average molecular weight is 302 g/mol. The van der Waals surface area contributed by atoms with Gasteiger partial charge in [0, 0.05) is 6.92 Å². The van der Waals surface area contributed by atoms with Crippen molar-refractivity contribution in [2.45, 2.75) is 26.2 Å². The van der Waals surface area contributed by atoms with Crippen molar-refractivity contribution in [3.05, 3.63) is 35.2 Å². The Morgan fingerprint density at radius 2 is 1.86 bits per heavy atom. The number of piperidine rings is 1. The molecule has 0 atom stereocenters. The molecule has 1 fully saturated rings. The summed E-state index contributed by atoms with van der Waals surface area (Å²) in [5, 5.41) is 13.5. The second-order valence-corrected chi connectivity index (χ2v) is 6.27. The van der Waals surface area contributed by atoms with Crippen LogP contribution in [0.5, 0.6) is 5.88 Å². The fourth-order valence-electron chi connectivity index (χ4n) is 2.69. The Kier molecular flexibility index (Phi) is 3.92. The van der Waals surface area contributed by atoms with E-state index in [-0.39, 0.29) is 11.7 Å². The Bertz CT molecular complexity index is 646. The van der Waals surface area contributed by atoms with Gasteiger partial charge in [-0.2, -0.15) is 4.57 Å². The molecule has 0 aliphatic carbocycles. The quantitative estimate of drug-likeness (QED) is 0.645. The molecule has 0 unspecified atom stereocenters. The van der Waals surface area contributed by atoms with Gasteiger partial charge < -0.3 is 5.11 Å². The third-order valence-corrected chi connectivity index (χ3v) is 5.03. The Labute approximate surface area is 128 Å². The van der Waals surface area contributed by atoms with Gasteiger partial charge in [0.1, 0.15) is 10.6 Å². The number of Topliss-reactive ketones (excluding diaryl/α,β-unsaturated/α-hetero) is 1. The number of hydrogen-bond donors (Lipinski definition) is 0. The zero-order valence-electron chi connectivity index (χ0n) is 12.0. The highest BCUT2D eigenvalue weighted by Crippen LogP contribution is 2.31. The van der Waals surface area contributed by atoms with E-state index in [1.807, 2.05) is 30.3 Å². The van der Waals surface area contributed by atoms with Gasteiger partial charge in [-0.3, -0.25) is 9.69 Å². The fourth-order valence-corrected chi connectivity index (χ4v) is 3.78. The number of aromatic nitrogens is 1. The highest BCUT2D eigenvalue weighted by Gasteiger charge is 2.29. The van der Waals surface area contributed by atoms with Crippen molar-refractivity contribution in [3.8, 4) is 11.6 Å². The molecule has 1 saturated heterocycles. The maximum Gasteiger partial charge on any atom is 0.341 e. The van der Waals surface area contributed by atoms with E-state index in [0.717, 1.165) is 36.8 Å². The molecule has 0 N–H and O–H groups in total. The maximum absolute atomic E-state index is 12.6. The third-order valence-electron chi connectivity index (χ3n) is 3.74. The van der Waals surface area contributed by atoms with Crippen molar-refractivity contribution >= 4 is 22.3 Å². The minimum absolute atomic E-state index is 0.155. The molecule has 21 heavy (non-hydrogen) atoms. The maximum atomic E-state index is 12.6. The topological polar surface area (TPSA) is 47.2 Å². The molecule has 1 aromatic carbocycles. The second-order valence-electron chi connectivity index (χ2n) is 5.29. The first-order valence-electron chi connectivity index (χ1n) is 7.25. The fraction of sp³-hybridized carbons (Fsp3) is 0.375. The Morgan fingerprint density at radius 1 is 1.19 bits per heavy atom. The molecule has 1 aromatic heterocycles. The lowest BCUT2D eigenvalue weighted by molar-refractivity contribution is -0.635. The highest BCUT2D eigenvalue weighted by molar-refractivity contribution is 7.17. The minimum Gasteiger partial charge on any atom is -0.841 e. The molecule has 0 radical (unpaired) electrons. The molecule has 0 bridgehead atoms. The molecule has 4 nitrogen and oxygen atoms in total. The van der Waals surface area contributed by atoms with Gasteiger partial charge in [0.2, 0.25) is 0 Å². The largest absolute Gasteiger partial charge is 0.841 e. The second kappa shape index (κ2) is 5.85. The zero-order valence-corrected chi connectivity index (χ0v) is 12.9. The SMILES string of the molecule is CC(=O)c1sc(N2CCCCC2)[n+](-c2ccccc2)c1[O-]. The molecule has 1 aliphatic heterocycles. The Morgan fingerprint density at radius 3 is 2.48 bits per heavy atom. The van der Waals surface area contributed by atoms with Crippen LogP contribution in [0.4, 0.5) is 5.13 Å². The van der Waals surface area contributed by atoms with Crippen LogP contribution in [0, 0.1) is 0 Å². The predicted molar refractivity (Wildman–Crippen MR) is 81.4 cm³/mol. The molecule has 5 heteroatoms. The number of carbonyl (C=O) groups excluding carboxylic acids is 1. The first-order chi connectivity index (χ1) is 10.2. The van der Waals surface area contributed by atoms with Crippen molar-refractivity contribution < 1.29 is 14.5 Å². The van der Waals surface area contributed by atoms with E-state index < -0.39 is 0 Å². The van der Waals surface area contributed by atoms with Crippen molar-refractivity contribution in [2.75, 3.05) is 18.0 Å². The number of anilines is 1. The van der Waals surface area contributed by atoms with Gasteiger partial charge in [0.05, 0.1) is 19.0 Å². The van der Waals surface area contributed by atoms with E-state index in [2.05, 4.69) is 4.90 Å². The van der Waals surface area contributed by atoms with E-state index in [1.54, 1.807) is 4.57 Å². The van der Waals surface area contributed by atoms with E-state index in [4.69, 9.17) is 0 Å². The normalized spacial score (nSPS) is 15.2. The monoisotopic (exact) mass is 302 g/mol. The van der Waals surface area contributed by atoms with E-state index in [9.17, 15) is 9.90 Å². The minimum atomic E-state index is -0.195. The standard InChI is InChI=1S/C16H18N2O2S/c1-12(19)14-15(20)18(13-8-4-2-5-9-13)16(21-14)17-10-6-3-7-11-17/h2,4-5,8-9H,3,6-7,10-11H2,1H3. The number of thiazole rings is 1. The number of carbonyl (C=O) groups is 1. The number of hydrogen-bond acceptors (Lipinski definition) is 4. The Balaban J connectivity index is 2.13. The highest BCUT2D eigenvalue weighted by atomic mass is 32.1. The zero-order chi connectivity index (χ0) is 14.8. The van der Waals surface area contributed by atoms with Crippen LogP contribution in [0.1, 0.15) is 35.9 Å². The predicted octanol–water partition coefficient (Wildman–Crippen LogP) is 2.29. The third kappa shape index (κ3) is 2.65. The molecule has 3 rings (SSSR count). The molecule has 0 spiro atoms. The van der Waals surface area contributed by atoms with Crippen LogP contribution in [-0.4, -0.2) is 18.9 Å². The summed E-state index contributed by atoms with van der Waals surface area (Å²) >= 11 is 1.32. The van der Waals surface area contributed by atoms with Crippen LogP contribution in [0.15, 0.2) is 30.3 Å². The summed E-state index contributed by atoms with van der Waals surface area (Å²) in [5.74, 6) is -0.350. The molecule has 2 aromatic rings. The summed E-state index contributed by atoms with van der Waals surface area (Å²) < 4.78 is 1.69. The summed E-state index contributed by atoms with van der Waals surface area (Å²) in [6.45, 7) is 3.36. The van der Waals surface area contributed by atoms with Gasteiger partial charge in [-0.1, -0.05) is 18.2 Å². The smallest absolute Gasteiger partial charge is 0.341 e. The van der Waals surface area contributed by atoms with Crippen LogP contribution < -0.4 is 14.6 Å². The molecular formula is C16H18N2O2S. The summed E-state index contributed by atoms with van der Waals surface area (Å²) in [6, 6.07) is 9.56. The summed E-state index contributed by atoms with van der Waals surface area (Å²) in [4.78, 5) is 14.3. The molecule has 0 amide bonds. The van der Waals surface area contributed by atoms with Crippen molar-refractivity contribution in [3.63, 3.8) is 0 Å². The first kappa shape index (κ1) is 14.1. The lowest BCUT2D eigenvalue weighted by Gasteiger charge is -2.21. The van der Waals surface area contributed by atoms with Crippen molar-refractivity contribution in [1.82, 2.24) is 0 Å². The van der Waals surface area contributed by atoms with Gasteiger partial charge in [0.15, 0.2) is 5.78 Å². The number of nitrogens with zero attached hydrogens (tertiary/aromatic N) is 2. The first-order valence-corrected chi connectivity index (χ1v) is 8.07. The number of benzene rings is 1. The molecule has 0 saturated carbocycles. The van der Waals surface area contributed by atoms with Crippen LogP contribution in [0.3, 0.4) is 0 Å². The number of rotatable bonds is 3. The Hall–Kier alpha value is -1.88. The van der Waals surface area contributed by atoms with E-state index in [1.165, 1.54) is 24.7 Å². The lowest BCUT2D eigenvalue weighted by Crippen LogP contribution is -2.42. The van der Waals surface area contributed by atoms with Gasteiger partial charge in [-0.15, -0.1) is 0 Å². The van der Waals surface area contributed by atoms with Gasteiger partial charge >= 0.3 is 5.13 Å². The van der Waals surface area contributed by atoms with Crippen LogP contribution >= 0.6 is 11.3 Å². The van der Waals surface area contributed by atoms with Gasteiger partial charge in [-0.05, 0) is 42.7 Å². The van der Waals surface area contributed by atoms with Crippen LogP contribution in [0.25, 0.3) is 5.69 Å². The summed E-state index contributed by atoms with van der Waals surface area (Å²) in [7, 11) is 0. The summed E-state index contributed by atoms with van der Waals surface area (Å²) in [5.41, 5.74) is 0.826. The molecule has 1 aliphatic rings. The van der Waals surface area contributed by atoms with Crippen LogP contribution in [0.2, 0.25) is 0 Å². The molecule has 110 valence electrons. The molecular weight excluding hydrogens is 284 g/mol. The lowest BCUT2D eigenvalue weighted by atomic mass is 10.1. The van der Waals surface area contributed by atoms with Gasteiger partial charge in [-0.25, -0.2) is 0 Å². The van der Waals surface area contributed by atoms with Gasteiger partial charge in [0.25, 0.3) is 0 Å². The molecule has 2 heterocycles. The number of ketones is 1. The van der Waals surface area contributed by atoms with Crippen LogP contribution in [-0.2, 0) is 0 Å². The number of para-hydroxylation sites is 1. The van der Waals surface area contributed by atoms with Crippen molar-refractivity contribution in [2.24, 2.45) is 0 Å². The summed E-state index contributed by atoms with van der Waals surface area (Å²) in [6.07, 6.45) is 3.50.